The zero-order chi connectivity index (χ0) is 13.1. The van der Waals surface area contributed by atoms with E-state index < -0.39 is 0 Å². The van der Waals surface area contributed by atoms with E-state index in [4.69, 9.17) is 29.0 Å². The minimum Gasteiger partial charge on any atom is -0.271 e. The Morgan fingerprint density at radius 3 is 2.67 bits per heavy atom. The van der Waals surface area contributed by atoms with Gasteiger partial charge in [0.1, 0.15) is 0 Å². The molecule has 0 bridgehead atoms. The fraction of sp³-hybridized carbons (Fsp3) is 0.154. The van der Waals surface area contributed by atoms with Gasteiger partial charge in [-0.15, -0.1) is 0 Å². The van der Waals surface area contributed by atoms with Gasteiger partial charge in [-0.25, -0.2) is 5.43 Å². The highest BCUT2D eigenvalue weighted by atomic mass is 35.5. The standard InChI is InChI=1S/C13H13Cl2N3/c1-8-7-17-6-5-9(8)13(18-16)10-3-2-4-11(14)12(10)15/h2-7,13,18H,16H2,1H3. The lowest BCUT2D eigenvalue weighted by atomic mass is 9.97. The Bertz CT molecular complexity index is 558. The molecule has 1 atom stereocenters. The number of hydrazine groups is 1. The second-order valence-electron chi connectivity index (χ2n) is 3.97. The second-order valence-corrected chi connectivity index (χ2v) is 4.76. The summed E-state index contributed by atoms with van der Waals surface area (Å²) in [7, 11) is 0. The van der Waals surface area contributed by atoms with Crippen molar-refractivity contribution in [2.45, 2.75) is 13.0 Å². The third-order valence-corrected chi connectivity index (χ3v) is 3.67. The second kappa shape index (κ2) is 5.67. The molecule has 3 N–H and O–H groups in total. The van der Waals surface area contributed by atoms with E-state index in [2.05, 4.69) is 10.4 Å². The predicted molar refractivity (Wildman–Crippen MR) is 74.6 cm³/mol. The summed E-state index contributed by atoms with van der Waals surface area (Å²) in [6.07, 6.45) is 3.52. The van der Waals surface area contributed by atoms with Crippen LogP contribution in [0.3, 0.4) is 0 Å². The van der Waals surface area contributed by atoms with Crippen molar-refractivity contribution in [2.24, 2.45) is 5.84 Å². The zero-order valence-electron chi connectivity index (χ0n) is 9.82. The van der Waals surface area contributed by atoms with Crippen molar-refractivity contribution in [1.82, 2.24) is 10.4 Å². The summed E-state index contributed by atoms with van der Waals surface area (Å²) in [6, 6.07) is 7.21. The number of hydrogen-bond donors (Lipinski definition) is 2. The number of nitrogens with one attached hydrogen (secondary N) is 1. The molecular formula is C13H13Cl2N3. The quantitative estimate of drug-likeness (QED) is 0.671. The summed E-state index contributed by atoms with van der Waals surface area (Å²) >= 11 is 12.3. The van der Waals surface area contributed by atoms with Crippen molar-refractivity contribution in [1.29, 1.82) is 0 Å². The first-order chi connectivity index (χ1) is 8.65. The van der Waals surface area contributed by atoms with Crippen molar-refractivity contribution in [2.75, 3.05) is 0 Å². The number of nitrogens with two attached hydrogens (primary N) is 1. The largest absolute Gasteiger partial charge is 0.271 e. The first-order valence-corrected chi connectivity index (χ1v) is 6.21. The van der Waals surface area contributed by atoms with Gasteiger partial charge in [0.25, 0.3) is 0 Å². The van der Waals surface area contributed by atoms with E-state index in [0.29, 0.717) is 10.0 Å². The summed E-state index contributed by atoms with van der Waals surface area (Å²) in [5.74, 6) is 5.65. The minimum absolute atomic E-state index is 0.209. The van der Waals surface area contributed by atoms with Crippen LogP contribution in [0.5, 0.6) is 0 Å². The van der Waals surface area contributed by atoms with E-state index in [1.165, 1.54) is 0 Å². The number of halogens is 2. The van der Waals surface area contributed by atoms with Crippen molar-refractivity contribution >= 4 is 23.2 Å². The molecule has 0 saturated heterocycles. The minimum atomic E-state index is -0.209. The Hall–Kier alpha value is -1.13. The number of rotatable bonds is 3. The van der Waals surface area contributed by atoms with E-state index in [1.54, 1.807) is 18.5 Å². The Morgan fingerprint density at radius 2 is 2.00 bits per heavy atom. The van der Waals surface area contributed by atoms with Gasteiger partial charge in [0.05, 0.1) is 16.1 Å². The fourth-order valence-corrected chi connectivity index (χ4v) is 2.32. The highest BCUT2D eigenvalue weighted by Gasteiger charge is 2.18. The Labute approximate surface area is 116 Å². The van der Waals surface area contributed by atoms with Gasteiger partial charge in [-0.3, -0.25) is 10.8 Å². The van der Waals surface area contributed by atoms with Crippen LogP contribution in [-0.2, 0) is 0 Å². The number of hydrogen-bond acceptors (Lipinski definition) is 3. The normalized spacial score (nSPS) is 12.4. The molecule has 0 saturated carbocycles. The van der Waals surface area contributed by atoms with Crippen LogP contribution in [0.25, 0.3) is 0 Å². The summed E-state index contributed by atoms with van der Waals surface area (Å²) in [6.45, 7) is 1.98. The molecule has 0 aliphatic carbocycles. The summed E-state index contributed by atoms with van der Waals surface area (Å²) in [5, 5.41) is 1.03. The highest BCUT2D eigenvalue weighted by molar-refractivity contribution is 6.42. The maximum atomic E-state index is 6.23. The molecular weight excluding hydrogens is 269 g/mol. The number of pyridine rings is 1. The smallest absolute Gasteiger partial charge is 0.0728 e. The van der Waals surface area contributed by atoms with Crippen LogP contribution in [0.2, 0.25) is 10.0 Å². The van der Waals surface area contributed by atoms with Gasteiger partial charge in [0.2, 0.25) is 0 Å². The first-order valence-electron chi connectivity index (χ1n) is 5.45. The average molecular weight is 282 g/mol. The van der Waals surface area contributed by atoms with Crippen LogP contribution in [0.1, 0.15) is 22.7 Å². The van der Waals surface area contributed by atoms with Gasteiger partial charge in [-0.1, -0.05) is 35.3 Å². The molecule has 2 aromatic rings. The molecule has 0 aliphatic heterocycles. The van der Waals surface area contributed by atoms with E-state index in [9.17, 15) is 0 Å². The monoisotopic (exact) mass is 281 g/mol. The van der Waals surface area contributed by atoms with E-state index in [1.807, 2.05) is 25.1 Å². The molecule has 5 heteroatoms. The molecule has 0 fully saturated rings. The first kappa shape index (κ1) is 13.3. The Kier molecular flexibility index (Phi) is 4.19. The van der Waals surface area contributed by atoms with Gasteiger partial charge in [0.15, 0.2) is 0 Å². The van der Waals surface area contributed by atoms with E-state index in [0.717, 1.165) is 16.7 Å². The van der Waals surface area contributed by atoms with Gasteiger partial charge >= 0.3 is 0 Å². The van der Waals surface area contributed by atoms with Crippen LogP contribution in [0, 0.1) is 6.92 Å². The third kappa shape index (κ3) is 2.49. The number of aryl methyl sites for hydroxylation is 1. The SMILES string of the molecule is Cc1cnccc1C(NN)c1cccc(Cl)c1Cl. The predicted octanol–water partition coefficient (Wildman–Crippen LogP) is 3.25. The number of nitrogens with zero attached hydrogens (tertiary/aromatic N) is 1. The summed E-state index contributed by atoms with van der Waals surface area (Å²) < 4.78 is 0. The van der Waals surface area contributed by atoms with Crippen molar-refractivity contribution in [3.8, 4) is 0 Å². The van der Waals surface area contributed by atoms with E-state index in [-0.39, 0.29) is 6.04 Å². The van der Waals surface area contributed by atoms with Gasteiger partial charge < -0.3 is 0 Å². The molecule has 1 aromatic carbocycles. The van der Waals surface area contributed by atoms with Crippen molar-refractivity contribution < 1.29 is 0 Å². The average Bonchev–Trinajstić information content (AvgIpc) is 2.37. The lowest BCUT2D eigenvalue weighted by Crippen LogP contribution is -2.29. The van der Waals surface area contributed by atoms with Gasteiger partial charge in [0, 0.05) is 12.4 Å². The lowest BCUT2D eigenvalue weighted by molar-refractivity contribution is 0.633. The Balaban J connectivity index is 2.53. The van der Waals surface area contributed by atoms with Gasteiger partial charge in [-0.2, -0.15) is 0 Å². The van der Waals surface area contributed by atoms with Crippen LogP contribution in [-0.4, -0.2) is 4.98 Å². The van der Waals surface area contributed by atoms with Crippen LogP contribution in [0.4, 0.5) is 0 Å². The van der Waals surface area contributed by atoms with Crippen molar-refractivity contribution in [3.63, 3.8) is 0 Å². The molecule has 3 nitrogen and oxygen atoms in total. The molecule has 1 heterocycles. The van der Waals surface area contributed by atoms with Crippen molar-refractivity contribution in [3.05, 3.63) is 63.4 Å². The third-order valence-electron chi connectivity index (χ3n) is 2.83. The maximum absolute atomic E-state index is 6.23. The zero-order valence-corrected chi connectivity index (χ0v) is 11.3. The molecule has 0 aliphatic rings. The van der Waals surface area contributed by atoms with Crippen LogP contribution in [0.15, 0.2) is 36.7 Å². The summed E-state index contributed by atoms with van der Waals surface area (Å²) in [4.78, 5) is 4.07. The maximum Gasteiger partial charge on any atom is 0.0728 e. The molecule has 2 rings (SSSR count). The molecule has 18 heavy (non-hydrogen) atoms. The Morgan fingerprint density at radius 1 is 1.22 bits per heavy atom. The van der Waals surface area contributed by atoms with Crippen LogP contribution >= 0.6 is 23.2 Å². The number of benzene rings is 1. The topological polar surface area (TPSA) is 50.9 Å². The van der Waals surface area contributed by atoms with Gasteiger partial charge in [-0.05, 0) is 35.7 Å². The molecule has 0 radical (unpaired) electrons. The highest BCUT2D eigenvalue weighted by Crippen LogP contribution is 2.33. The number of aromatic nitrogens is 1. The fourth-order valence-electron chi connectivity index (χ4n) is 1.90. The molecule has 0 spiro atoms. The van der Waals surface area contributed by atoms with E-state index >= 15 is 0 Å². The molecule has 1 unspecified atom stereocenters. The molecule has 1 aromatic heterocycles. The molecule has 94 valence electrons. The van der Waals surface area contributed by atoms with Crippen LogP contribution < -0.4 is 11.3 Å². The lowest BCUT2D eigenvalue weighted by Gasteiger charge is -2.20. The summed E-state index contributed by atoms with van der Waals surface area (Å²) in [5.41, 5.74) is 5.68. The molecule has 0 amide bonds.